The number of rotatable bonds is 2. The van der Waals surface area contributed by atoms with Crippen molar-refractivity contribution in [2.24, 2.45) is 5.73 Å². The van der Waals surface area contributed by atoms with Gasteiger partial charge in [0.15, 0.2) is 0 Å². The van der Waals surface area contributed by atoms with Crippen molar-refractivity contribution in [3.63, 3.8) is 0 Å². The quantitative estimate of drug-likeness (QED) is 0.429. The van der Waals surface area contributed by atoms with Crippen LogP contribution in [0.25, 0.3) is 0 Å². The summed E-state index contributed by atoms with van der Waals surface area (Å²) in [6.07, 6.45) is 7.16. The van der Waals surface area contributed by atoms with Crippen LogP contribution in [0.15, 0.2) is 0 Å². The topological polar surface area (TPSA) is 43.1 Å². The van der Waals surface area contributed by atoms with E-state index in [1.807, 2.05) is 0 Å². The summed E-state index contributed by atoms with van der Waals surface area (Å²) in [4.78, 5) is 10.0. The molecule has 0 aromatic rings. The molecule has 0 aromatic carbocycles. The molecule has 0 heterocycles. The lowest BCUT2D eigenvalue weighted by atomic mass is 10.2. The molecule has 0 atom stereocenters. The van der Waals surface area contributed by atoms with Crippen molar-refractivity contribution in [3.8, 4) is 24.2 Å². The van der Waals surface area contributed by atoms with Gasteiger partial charge in [-0.1, -0.05) is 5.92 Å². The minimum Gasteiger partial charge on any atom is -0.359 e. The summed E-state index contributed by atoms with van der Waals surface area (Å²) in [5, 5.41) is 0. The third-order valence-electron chi connectivity index (χ3n) is 0.834. The van der Waals surface area contributed by atoms with E-state index in [2.05, 4.69) is 17.8 Å². The molecular weight excluding hydrogens is 126 g/mol. The molecule has 10 heavy (non-hydrogen) atoms. The molecule has 2 nitrogen and oxygen atoms in total. The summed E-state index contributed by atoms with van der Waals surface area (Å²) in [6.45, 7) is 0. The Morgan fingerprint density at radius 3 is 2.70 bits per heavy atom. The van der Waals surface area contributed by atoms with E-state index in [0.717, 1.165) is 6.42 Å². The molecule has 0 aromatic heterocycles. The van der Waals surface area contributed by atoms with Gasteiger partial charge in [0.1, 0.15) is 0 Å². The summed E-state index contributed by atoms with van der Waals surface area (Å²) in [6, 6.07) is 0. The van der Waals surface area contributed by atoms with Gasteiger partial charge in [-0.15, -0.1) is 12.3 Å². The lowest BCUT2D eigenvalue weighted by molar-refractivity contribution is -0.112. The van der Waals surface area contributed by atoms with Crippen molar-refractivity contribution in [2.45, 2.75) is 19.3 Å². The first-order valence-corrected chi connectivity index (χ1v) is 2.99. The summed E-state index contributed by atoms with van der Waals surface area (Å²) < 4.78 is 0. The molecule has 0 unspecified atom stereocenters. The molecule has 2 heteroatoms. The smallest absolute Gasteiger partial charge is 0.293 e. The van der Waals surface area contributed by atoms with Gasteiger partial charge < -0.3 is 5.73 Å². The van der Waals surface area contributed by atoms with Crippen LogP contribution in [0.1, 0.15) is 19.3 Å². The second-order valence-corrected chi connectivity index (χ2v) is 1.72. The molecular formula is C8H9NO. The zero-order chi connectivity index (χ0) is 7.82. The maximum atomic E-state index is 10.0. The van der Waals surface area contributed by atoms with Gasteiger partial charge in [0, 0.05) is 12.8 Å². The number of terminal acetylenes is 1. The second-order valence-electron chi connectivity index (χ2n) is 1.72. The molecule has 0 aliphatic rings. The van der Waals surface area contributed by atoms with Gasteiger partial charge in [-0.05, 0) is 12.3 Å². The van der Waals surface area contributed by atoms with Gasteiger partial charge in [-0.25, -0.2) is 0 Å². The van der Waals surface area contributed by atoms with Crippen LogP contribution in [-0.4, -0.2) is 5.91 Å². The van der Waals surface area contributed by atoms with Crippen LogP contribution in [0.5, 0.6) is 0 Å². The Hall–Kier alpha value is -1.41. The van der Waals surface area contributed by atoms with Crippen LogP contribution < -0.4 is 5.73 Å². The fraction of sp³-hybridized carbons (Fsp3) is 0.375. The number of amides is 1. The first kappa shape index (κ1) is 8.59. The fourth-order valence-corrected chi connectivity index (χ4v) is 0.428. The predicted octanol–water partition coefficient (Wildman–Crippen LogP) is 0.279. The van der Waals surface area contributed by atoms with Crippen molar-refractivity contribution in [1.29, 1.82) is 0 Å². The summed E-state index contributed by atoms with van der Waals surface area (Å²) in [7, 11) is 0. The van der Waals surface area contributed by atoms with Crippen molar-refractivity contribution < 1.29 is 4.79 Å². The van der Waals surface area contributed by atoms with E-state index in [1.165, 1.54) is 0 Å². The average molecular weight is 135 g/mol. The van der Waals surface area contributed by atoms with Crippen LogP contribution >= 0.6 is 0 Å². The molecule has 0 rings (SSSR count). The molecule has 2 N–H and O–H groups in total. The highest BCUT2D eigenvalue weighted by Crippen LogP contribution is 1.89. The monoisotopic (exact) mass is 135 g/mol. The fourth-order valence-electron chi connectivity index (χ4n) is 0.428. The van der Waals surface area contributed by atoms with Crippen molar-refractivity contribution >= 4 is 5.91 Å². The van der Waals surface area contributed by atoms with E-state index in [1.54, 1.807) is 0 Å². The minimum atomic E-state index is -0.583. The van der Waals surface area contributed by atoms with Crippen molar-refractivity contribution in [1.82, 2.24) is 0 Å². The highest BCUT2D eigenvalue weighted by Gasteiger charge is 1.80. The highest BCUT2D eigenvalue weighted by molar-refractivity contribution is 5.91. The van der Waals surface area contributed by atoms with Crippen LogP contribution in [0.3, 0.4) is 0 Å². The number of unbranched alkanes of at least 4 members (excludes halogenated alkanes) is 2. The standard InChI is InChI=1S/C8H9NO/c1-2-3-4-5-6-7-8(9)10/h1H,3-5H2,(H2,9,10). The van der Waals surface area contributed by atoms with Crippen molar-refractivity contribution in [3.05, 3.63) is 0 Å². The van der Waals surface area contributed by atoms with Crippen LogP contribution in [0.2, 0.25) is 0 Å². The molecule has 1 amide bonds. The third-order valence-corrected chi connectivity index (χ3v) is 0.834. The Balaban J connectivity index is 3.31. The SMILES string of the molecule is C#CCCCC#CC(N)=O. The van der Waals surface area contributed by atoms with Gasteiger partial charge in [0.2, 0.25) is 0 Å². The van der Waals surface area contributed by atoms with Crippen LogP contribution in [0, 0.1) is 24.2 Å². The zero-order valence-electron chi connectivity index (χ0n) is 5.68. The normalized spacial score (nSPS) is 7.10. The molecule has 0 spiro atoms. The number of hydrogen-bond acceptors (Lipinski definition) is 1. The van der Waals surface area contributed by atoms with Crippen LogP contribution in [0.4, 0.5) is 0 Å². The summed E-state index contributed by atoms with van der Waals surface area (Å²) in [5.74, 6) is 6.71. The first-order valence-electron chi connectivity index (χ1n) is 2.99. The third kappa shape index (κ3) is 6.59. The largest absolute Gasteiger partial charge is 0.359 e. The van der Waals surface area contributed by atoms with Gasteiger partial charge in [0.25, 0.3) is 5.91 Å². The van der Waals surface area contributed by atoms with E-state index < -0.39 is 5.91 Å². The molecule has 0 aliphatic heterocycles. The summed E-state index contributed by atoms with van der Waals surface area (Å²) >= 11 is 0. The molecule has 0 fully saturated rings. The van der Waals surface area contributed by atoms with Crippen molar-refractivity contribution in [2.75, 3.05) is 0 Å². The average Bonchev–Trinajstić information content (AvgIpc) is 1.87. The van der Waals surface area contributed by atoms with E-state index in [-0.39, 0.29) is 0 Å². The lowest BCUT2D eigenvalue weighted by Crippen LogP contribution is -2.05. The maximum absolute atomic E-state index is 10.0. The lowest BCUT2D eigenvalue weighted by Gasteiger charge is -1.81. The van der Waals surface area contributed by atoms with Gasteiger partial charge >= 0.3 is 0 Å². The Morgan fingerprint density at radius 2 is 2.20 bits per heavy atom. The number of hydrogen-bond donors (Lipinski definition) is 1. The van der Waals surface area contributed by atoms with Crippen LogP contribution in [-0.2, 0) is 4.79 Å². The zero-order valence-corrected chi connectivity index (χ0v) is 5.68. The Labute approximate surface area is 60.8 Å². The molecule has 0 aliphatic carbocycles. The van der Waals surface area contributed by atoms with E-state index in [0.29, 0.717) is 12.8 Å². The first-order chi connectivity index (χ1) is 4.77. The summed E-state index contributed by atoms with van der Waals surface area (Å²) in [5.41, 5.74) is 4.75. The maximum Gasteiger partial charge on any atom is 0.293 e. The predicted molar refractivity (Wildman–Crippen MR) is 39.7 cm³/mol. The molecule has 0 bridgehead atoms. The molecule has 52 valence electrons. The minimum absolute atomic E-state index is 0.583. The van der Waals surface area contributed by atoms with E-state index in [9.17, 15) is 4.79 Å². The Kier molecular flexibility index (Phi) is 4.91. The number of carbonyl (C=O) groups is 1. The van der Waals surface area contributed by atoms with Gasteiger partial charge in [-0.3, -0.25) is 4.79 Å². The Bertz CT molecular complexity index is 202. The number of nitrogens with two attached hydrogens (primary N) is 1. The van der Waals surface area contributed by atoms with Gasteiger partial charge in [0.05, 0.1) is 0 Å². The van der Waals surface area contributed by atoms with Gasteiger partial charge in [-0.2, -0.15) is 0 Å². The molecule has 0 radical (unpaired) electrons. The number of primary amides is 1. The molecule has 0 saturated carbocycles. The van der Waals surface area contributed by atoms with E-state index in [4.69, 9.17) is 12.2 Å². The number of carbonyl (C=O) groups excluding carboxylic acids is 1. The molecule has 0 saturated heterocycles. The van der Waals surface area contributed by atoms with E-state index >= 15 is 0 Å². The second kappa shape index (κ2) is 5.72. The Morgan fingerprint density at radius 1 is 1.50 bits per heavy atom. The highest BCUT2D eigenvalue weighted by atomic mass is 16.1.